The van der Waals surface area contributed by atoms with Crippen LogP contribution >= 0.6 is 15.9 Å². The van der Waals surface area contributed by atoms with Crippen LogP contribution in [0.25, 0.3) is 10.9 Å². The number of carbonyl (C=O) groups is 3. The van der Waals surface area contributed by atoms with Crippen molar-refractivity contribution in [2.45, 2.75) is 50.6 Å². The molecule has 0 unspecified atom stereocenters. The Morgan fingerprint density at radius 3 is 2.58 bits per heavy atom. The molecule has 1 saturated heterocycles. The monoisotopic (exact) mass is 552 g/mol. The van der Waals surface area contributed by atoms with Crippen molar-refractivity contribution >= 4 is 44.6 Å². The number of hydrogen-bond acceptors (Lipinski definition) is 4. The van der Waals surface area contributed by atoms with Gasteiger partial charge in [-0.3, -0.25) is 19.6 Å². The molecule has 2 aliphatic rings. The Hall–Kier alpha value is -3.17. The summed E-state index contributed by atoms with van der Waals surface area (Å²) in [5.41, 5.74) is 5.70. The van der Waals surface area contributed by atoms with E-state index in [1.165, 1.54) is 0 Å². The number of amides is 3. The highest BCUT2D eigenvalue weighted by molar-refractivity contribution is 9.10. The van der Waals surface area contributed by atoms with Gasteiger partial charge in [-0.25, -0.2) is 5.48 Å². The third kappa shape index (κ3) is 4.65. The number of para-hydroxylation sites is 1. The smallest absolute Gasteiger partial charge is 0.246 e. The zero-order valence-corrected chi connectivity index (χ0v) is 21.5. The van der Waals surface area contributed by atoms with E-state index in [0.29, 0.717) is 19.4 Å². The lowest BCUT2D eigenvalue weighted by Crippen LogP contribution is -2.63. The Kier molecular flexibility index (Phi) is 7.11. The van der Waals surface area contributed by atoms with Crippen LogP contribution < -0.4 is 5.48 Å². The summed E-state index contributed by atoms with van der Waals surface area (Å²) in [5.74, 6) is -0.440. The summed E-state index contributed by atoms with van der Waals surface area (Å²) >= 11 is 3.50. The molecule has 0 bridgehead atoms. The van der Waals surface area contributed by atoms with Gasteiger partial charge in [-0.1, -0.05) is 59.1 Å². The first kappa shape index (κ1) is 24.5. The molecule has 36 heavy (non-hydrogen) atoms. The lowest BCUT2D eigenvalue weighted by molar-refractivity contribution is -0.158. The molecule has 3 aromatic rings. The Morgan fingerprint density at radius 2 is 1.81 bits per heavy atom. The number of benzene rings is 2. The van der Waals surface area contributed by atoms with Crippen LogP contribution in [0.2, 0.25) is 0 Å². The number of hydroxylamine groups is 1. The third-order valence-electron chi connectivity index (χ3n) is 7.23. The number of halogens is 1. The highest BCUT2D eigenvalue weighted by atomic mass is 79.9. The number of nitrogens with one attached hydrogen (secondary N) is 2. The van der Waals surface area contributed by atoms with E-state index in [0.717, 1.165) is 51.5 Å². The molecule has 2 atom stereocenters. The minimum absolute atomic E-state index is 0.00713. The minimum Gasteiger partial charge on any atom is -0.356 e. The van der Waals surface area contributed by atoms with Gasteiger partial charge in [0.05, 0.1) is 12.6 Å². The molecule has 0 radical (unpaired) electrons. The molecule has 0 saturated carbocycles. The summed E-state index contributed by atoms with van der Waals surface area (Å²) in [4.78, 5) is 45.4. The van der Waals surface area contributed by atoms with Crippen LogP contribution in [0.3, 0.4) is 0 Å². The maximum Gasteiger partial charge on any atom is 0.246 e. The standard InChI is InChI=1S/C27H29BrN4O4/c28-18-12-10-17(11-13-18)26-25-20(19-7-4-5-8-21(19)29-25)15-22-27(35)31(16-24(34)32(22)26)14-6-2-1-3-9-23(33)30-36/h4-5,7-8,10-13,22,26,29,36H,1-3,6,9,14-16H2,(H,30,33)/t22-,26-/m0/s1. The highest BCUT2D eigenvalue weighted by Gasteiger charge is 2.48. The first-order chi connectivity index (χ1) is 17.5. The van der Waals surface area contributed by atoms with Gasteiger partial charge < -0.3 is 14.8 Å². The van der Waals surface area contributed by atoms with E-state index in [-0.39, 0.29) is 36.7 Å². The predicted octanol–water partition coefficient (Wildman–Crippen LogP) is 4.07. The zero-order valence-electron chi connectivity index (χ0n) is 19.9. The number of carbonyl (C=O) groups excluding carboxylic acids is 3. The van der Waals surface area contributed by atoms with Crippen LogP contribution in [0.4, 0.5) is 0 Å². The summed E-state index contributed by atoms with van der Waals surface area (Å²) in [5, 5.41) is 9.68. The van der Waals surface area contributed by atoms with E-state index in [1.807, 2.05) is 42.5 Å². The molecule has 5 rings (SSSR count). The molecule has 2 aromatic carbocycles. The molecule has 3 heterocycles. The van der Waals surface area contributed by atoms with Gasteiger partial charge in [0.1, 0.15) is 6.04 Å². The van der Waals surface area contributed by atoms with Crippen LogP contribution in [0, 0.1) is 0 Å². The second kappa shape index (κ2) is 10.4. The summed E-state index contributed by atoms with van der Waals surface area (Å²) < 4.78 is 0.958. The molecular weight excluding hydrogens is 524 g/mol. The van der Waals surface area contributed by atoms with E-state index in [4.69, 9.17) is 5.21 Å². The number of rotatable bonds is 8. The van der Waals surface area contributed by atoms with E-state index < -0.39 is 6.04 Å². The van der Waals surface area contributed by atoms with Crippen LogP contribution in [-0.4, -0.2) is 56.8 Å². The van der Waals surface area contributed by atoms with E-state index in [2.05, 4.69) is 27.0 Å². The summed E-state index contributed by atoms with van der Waals surface area (Å²) in [6, 6.07) is 15.1. The molecule has 0 aliphatic carbocycles. The fraction of sp³-hybridized carbons (Fsp3) is 0.370. The molecule has 9 heteroatoms. The van der Waals surface area contributed by atoms with Gasteiger partial charge in [0.25, 0.3) is 0 Å². The fourth-order valence-corrected chi connectivity index (χ4v) is 5.77. The Balaban J connectivity index is 1.38. The SMILES string of the molecule is O=C(CCCCCCN1CC(=O)N2[C@@H](c3ccc(Br)cc3)c3[nH]c4ccccc4c3C[C@H]2C1=O)NO. The van der Waals surface area contributed by atoms with Gasteiger partial charge in [0.2, 0.25) is 17.7 Å². The van der Waals surface area contributed by atoms with Crippen molar-refractivity contribution in [3.63, 3.8) is 0 Å². The Morgan fingerprint density at radius 1 is 1.06 bits per heavy atom. The minimum atomic E-state index is -0.542. The number of piperazine rings is 1. The van der Waals surface area contributed by atoms with Crippen LogP contribution in [0.15, 0.2) is 53.0 Å². The van der Waals surface area contributed by atoms with E-state index in [9.17, 15) is 14.4 Å². The van der Waals surface area contributed by atoms with Gasteiger partial charge in [-0.2, -0.15) is 0 Å². The number of hydrogen-bond donors (Lipinski definition) is 3. The number of fused-ring (bicyclic) bond motifs is 4. The third-order valence-corrected chi connectivity index (χ3v) is 7.76. The van der Waals surface area contributed by atoms with Gasteiger partial charge in [-0.15, -0.1) is 0 Å². The van der Waals surface area contributed by atoms with Crippen LogP contribution in [0.1, 0.15) is 55.0 Å². The molecular formula is C27H29BrN4O4. The number of unbranched alkanes of at least 4 members (excludes halogenated alkanes) is 3. The first-order valence-electron chi connectivity index (χ1n) is 12.4. The Labute approximate surface area is 217 Å². The van der Waals surface area contributed by atoms with Crippen molar-refractivity contribution in [1.29, 1.82) is 0 Å². The number of H-pyrrole nitrogens is 1. The molecule has 2 aliphatic heterocycles. The van der Waals surface area contributed by atoms with Crippen molar-refractivity contribution in [2.24, 2.45) is 0 Å². The van der Waals surface area contributed by atoms with Gasteiger partial charge in [0, 0.05) is 40.5 Å². The number of aromatic nitrogens is 1. The number of aromatic amines is 1. The van der Waals surface area contributed by atoms with Crippen molar-refractivity contribution in [3.8, 4) is 0 Å². The molecule has 3 N–H and O–H groups in total. The lowest BCUT2D eigenvalue weighted by Gasteiger charge is -2.47. The van der Waals surface area contributed by atoms with Crippen molar-refractivity contribution in [3.05, 3.63) is 69.8 Å². The normalized spacial score (nSPS) is 19.4. The van der Waals surface area contributed by atoms with Gasteiger partial charge >= 0.3 is 0 Å². The molecule has 1 fully saturated rings. The van der Waals surface area contributed by atoms with Crippen LogP contribution in [0.5, 0.6) is 0 Å². The average Bonchev–Trinajstić information content (AvgIpc) is 3.26. The zero-order chi connectivity index (χ0) is 25.2. The average molecular weight is 553 g/mol. The maximum atomic E-state index is 13.7. The molecule has 8 nitrogen and oxygen atoms in total. The number of nitrogens with zero attached hydrogens (tertiary/aromatic N) is 2. The second-order valence-electron chi connectivity index (χ2n) is 9.50. The van der Waals surface area contributed by atoms with Crippen molar-refractivity contribution < 1.29 is 19.6 Å². The van der Waals surface area contributed by atoms with Crippen molar-refractivity contribution in [2.75, 3.05) is 13.1 Å². The quantitative estimate of drug-likeness (QED) is 0.222. The summed E-state index contributed by atoms with van der Waals surface area (Å²) in [6.45, 7) is 0.593. The molecule has 188 valence electrons. The lowest BCUT2D eigenvalue weighted by atomic mass is 9.86. The van der Waals surface area contributed by atoms with Crippen LogP contribution in [-0.2, 0) is 20.8 Å². The largest absolute Gasteiger partial charge is 0.356 e. The Bertz CT molecular complexity index is 1290. The van der Waals surface area contributed by atoms with Gasteiger partial charge in [-0.05, 0) is 42.2 Å². The first-order valence-corrected chi connectivity index (χ1v) is 13.1. The highest BCUT2D eigenvalue weighted by Crippen LogP contribution is 2.42. The van der Waals surface area contributed by atoms with Gasteiger partial charge in [0.15, 0.2) is 0 Å². The summed E-state index contributed by atoms with van der Waals surface area (Å²) in [6.07, 6.45) is 3.88. The molecule has 3 amide bonds. The fourth-order valence-electron chi connectivity index (χ4n) is 5.50. The predicted molar refractivity (Wildman–Crippen MR) is 138 cm³/mol. The topological polar surface area (TPSA) is 106 Å². The van der Waals surface area contributed by atoms with E-state index >= 15 is 0 Å². The second-order valence-corrected chi connectivity index (χ2v) is 10.4. The molecule has 0 spiro atoms. The van der Waals surface area contributed by atoms with Crippen molar-refractivity contribution in [1.82, 2.24) is 20.3 Å². The molecule has 1 aromatic heterocycles. The summed E-state index contributed by atoms with van der Waals surface area (Å²) in [7, 11) is 0. The van der Waals surface area contributed by atoms with E-state index in [1.54, 1.807) is 15.3 Å². The maximum absolute atomic E-state index is 13.7.